The van der Waals surface area contributed by atoms with Crippen LogP contribution in [0, 0.1) is 18.8 Å². The Kier molecular flexibility index (Phi) is 4.58. The van der Waals surface area contributed by atoms with Crippen LogP contribution in [0.2, 0.25) is 5.02 Å². The maximum absolute atomic E-state index is 6.22. The number of halogens is 2. The molecular weight excluding hydrogens is 338 g/mol. The Hall–Kier alpha value is -0.250. The number of rotatable bonds is 7. The van der Waals surface area contributed by atoms with E-state index in [0.29, 0.717) is 11.6 Å². The zero-order chi connectivity index (χ0) is 14.1. The third-order valence-corrected chi connectivity index (χ3v) is 4.92. The lowest BCUT2D eigenvalue weighted by Gasteiger charge is -2.18. The van der Waals surface area contributed by atoms with Crippen LogP contribution in [0.15, 0.2) is 16.6 Å². The molecule has 0 radical (unpaired) electrons. The fraction of sp³-hybridized carbons (Fsp3) is 0.625. The first-order chi connectivity index (χ1) is 9.65. The Bertz CT molecular complexity index is 450. The van der Waals surface area contributed by atoms with Crippen LogP contribution in [0.1, 0.15) is 31.2 Å². The Morgan fingerprint density at radius 3 is 2.50 bits per heavy atom. The van der Waals surface area contributed by atoms with Crippen LogP contribution >= 0.6 is 27.5 Å². The topological polar surface area (TPSA) is 21.3 Å². The molecule has 0 unspecified atom stereocenters. The van der Waals surface area contributed by atoms with Gasteiger partial charge in [-0.2, -0.15) is 0 Å². The lowest BCUT2D eigenvalue weighted by molar-refractivity contribution is 0.292. The van der Waals surface area contributed by atoms with Crippen molar-refractivity contribution in [3.8, 4) is 5.75 Å². The standard InChI is InChI=1S/C16H21BrClNO/c1-10-8-13(17)9-14(18)16(10)20-7-6-19-15(11-2-3-11)12-4-5-12/h8-9,11-12,15,19H,2-7H2,1H3. The van der Waals surface area contributed by atoms with E-state index < -0.39 is 0 Å². The van der Waals surface area contributed by atoms with E-state index in [2.05, 4.69) is 21.2 Å². The highest BCUT2D eigenvalue weighted by Gasteiger charge is 2.40. The van der Waals surface area contributed by atoms with E-state index >= 15 is 0 Å². The van der Waals surface area contributed by atoms with Gasteiger partial charge in [0.2, 0.25) is 0 Å². The van der Waals surface area contributed by atoms with Gasteiger partial charge in [0.05, 0.1) is 5.02 Å². The van der Waals surface area contributed by atoms with Crippen LogP contribution < -0.4 is 10.1 Å². The zero-order valence-corrected chi connectivity index (χ0v) is 14.1. The molecule has 1 aromatic rings. The van der Waals surface area contributed by atoms with Crippen LogP contribution in [0.3, 0.4) is 0 Å². The summed E-state index contributed by atoms with van der Waals surface area (Å²) in [6.45, 7) is 3.61. The van der Waals surface area contributed by atoms with Gasteiger partial charge in [0.1, 0.15) is 12.4 Å². The van der Waals surface area contributed by atoms with Crippen molar-refractivity contribution in [2.45, 2.75) is 38.6 Å². The van der Waals surface area contributed by atoms with Crippen LogP contribution in [-0.2, 0) is 0 Å². The monoisotopic (exact) mass is 357 g/mol. The number of hydrogen-bond donors (Lipinski definition) is 1. The molecule has 0 amide bonds. The molecule has 3 rings (SSSR count). The molecule has 0 bridgehead atoms. The Labute approximate surface area is 134 Å². The van der Waals surface area contributed by atoms with Crippen LogP contribution in [0.4, 0.5) is 0 Å². The van der Waals surface area contributed by atoms with Gasteiger partial charge < -0.3 is 10.1 Å². The first-order valence-electron chi connectivity index (χ1n) is 7.47. The summed E-state index contributed by atoms with van der Waals surface area (Å²) in [5, 5.41) is 4.37. The second kappa shape index (κ2) is 6.25. The summed E-state index contributed by atoms with van der Waals surface area (Å²) in [6.07, 6.45) is 5.64. The smallest absolute Gasteiger partial charge is 0.140 e. The number of benzene rings is 1. The third-order valence-electron chi connectivity index (χ3n) is 4.18. The summed E-state index contributed by atoms with van der Waals surface area (Å²) < 4.78 is 6.85. The molecule has 1 aromatic carbocycles. The van der Waals surface area contributed by atoms with Crippen molar-refractivity contribution < 1.29 is 4.74 Å². The summed E-state index contributed by atoms with van der Waals surface area (Å²) in [5.41, 5.74) is 1.07. The molecule has 0 aliphatic heterocycles. The number of hydrogen-bond acceptors (Lipinski definition) is 2. The molecule has 0 heterocycles. The van der Waals surface area contributed by atoms with E-state index in [9.17, 15) is 0 Å². The van der Waals surface area contributed by atoms with Crippen molar-refractivity contribution in [2.24, 2.45) is 11.8 Å². The first-order valence-corrected chi connectivity index (χ1v) is 8.64. The lowest BCUT2D eigenvalue weighted by Crippen LogP contribution is -2.36. The van der Waals surface area contributed by atoms with Crippen molar-refractivity contribution in [2.75, 3.05) is 13.2 Å². The van der Waals surface area contributed by atoms with E-state index in [4.69, 9.17) is 16.3 Å². The molecule has 2 saturated carbocycles. The predicted molar refractivity (Wildman–Crippen MR) is 86.6 cm³/mol. The molecule has 0 saturated heterocycles. The second-order valence-corrected chi connectivity index (χ2v) is 7.36. The van der Waals surface area contributed by atoms with Gasteiger partial charge in [-0.1, -0.05) is 27.5 Å². The average molecular weight is 359 g/mol. The van der Waals surface area contributed by atoms with Crippen LogP contribution in [0.5, 0.6) is 5.75 Å². The lowest BCUT2D eigenvalue weighted by atomic mass is 10.1. The fourth-order valence-corrected chi connectivity index (χ4v) is 3.90. The largest absolute Gasteiger partial charge is 0.490 e. The normalized spacial score (nSPS) is 18.6. The van der Waals surface area contributed by atoms with Crippen molar-refractivity contribution >= 4 is 27.5 Å². The Balaban J connectivity index is 1.47. The van der Waals surface area contributed by atoms with Crippen molar-refractivity contribution in [1.82, 2.24) is 5.32 Å². The molecule has 2 nitrogen and oxygen atoms in total. The van der Waals surface area contributed by atoms with Gasteiger partial charge in [-0.25, -0.2) is 0 Å². The maximum atomic E-state index is 6.22. The summed E-state index contributed by atoms with van der Waals surface area (Å²) in [5.74, 6) is 2.67. The summed E-state index contributed by atoms with van der Waals surface area (Å²) >= 11 is 9.66. The highest BCUT2D eigenvalue weighted by molar-refractivity contribution is 9.10. The van der Waals surface area contributed by atoms with Gasteiger partial charge in [0.25, 0.3) is 0 Å². The van der Waals surface area contributed by atoms with Crippen LogP contribution in [0.25, 0.3) is 0 Å². The molecule has 2 aliphatic carbocycles. The van der Waals surface area contributed by atoms with E-state index in [1.54, 1.807) is 0 Å². The summed E-state index contributed by atoms with van der Waals surface area (Å²) in [7, 11) is 0. The minimum Gasteiger partial charge on any atom is -0.490 e. The quantitative estimate of drug-likeness (QED) is 0.721. The van der Waals surface area contributed by atoms with E-state index in [0.717, 1.165) is 40.2 Å². The van der Waals surface area contributed by atoms with Gasteiger partial charge in [0.15, 0.2) is 0 Å². The van der Waals surface area contributed by atoms with E-state index in [-0.39, 0.29) is 0 Å². The van der Waals surface area contributed by atoms with Crippen molar-refractivity contribution in [3.05, 3.63) is 27.2 Å². The average Bonchev–Trinajstić information content (AvgIpc) is 3.25. The van der Waals surface area contributed by atoms with Gasteiger partial charge >= 0.3 is 0 Å². The molecule has 110 valence electrons. The molecule has 1 N–H and O–H groups in total. The zero-order valence-electron chi connectivity index (χ0n) is 11.8. The molecule has 20 heavy (non-hydrogen) atoms. The number of ether oxygens (including phenoxy) is 1. The minimum atomic E-state index is 0.679. The van der Waals surface area contributed by atoms with E-state index in [1.165, 1.54) is 25.7 Å². The first kappa shape index (κ1) is 14.7. The van der Waals surface area contributed by atoms with Crippen LogP contribution in [-0.4, -0.2) is 19.2 Å². The predicted octanol–water partition coefficient (Wildman–Crippen LogP) is 4.57. The van der Waals surface area contributed by atoms with E-state index in [1.807, 2.05) is 19.1 Å². The van der Waals surface area contributed by atoms with Gasteiger partial charge in [-0.05, 0) is 62.1 Å². The van der Waals surface area contributed by atoms with Crippen molar-refractivity contribution in [3.63, 3.8) is 0 Å². The Morgan fingerprint density at radius 1 is 1.30 bits per heavy atom. The number of aryl methyl sites for hydroxylation is 1. The molecule has 0 atom stereocenters. The van der Waals surface area contributed by atoms with Gasteiger partial charge in [0, 0.05) is 17.1 Å². The molecule has 0 spiro atoms. The molecule has 0 aromatic heterocycles. The van der Waals surface area contributed by atoms with Gasteiger partial charge in [-0.15, -0.1) is 0 Å². The fourth-order valence-electron chi connectivity index (χ4n) is 2.88. The number of nitrogens with one attached hydrogen (secondary N) is 1. The third kappa shape index (κ3) is 3.69. The second-order valence-electron chi connectivity index (χ2n) is 6.04. The van der Waals surface area contributed by atoms with Crippen molar-refractivity contribution in [1.29, 1.82) is 0 Å². The summed E-state index contributed by atoms with van der Waals surface area (Å²) in [6, 6.07) is 4.65. The molecular formula is C16H21BrClNO. The highest BCUT2D eigenvalue weighted by atomic mass is 79.9. The highest BCUT2D eigenvalue weighted by Crippen LogP contribution is 2.44. The minimum absolute atomic E-state index is 0.679. The Morgan fingerprint density at radius 2 is 1.95 bits per heavy atom. The molecule has 4 heteroatoms. The SMILES string of the molecule is Cc1cc(Br)cc(Cl)c1OCCNC(C1CC1)C1CC1. The van der Waals surface area contributed by atoms with Gasteiger partial charge in [-0.3, -0.25) is 0 Å². The molecule has 2 fully saturated rings. The maximum Gasteiger partial charge on any atom is 0.140 e. The molecule has 2 aliphatic rings. The summed E-state index contributed by atoms with van der Waals surface area (Å²) in [4.78, 5) is 0.